The van der Waals surface area contributed by atoms with Crippen molar-refractivity contribution >= 4 is 51.2 Å². The molecule has 0 amide bonds. The molecule has 2 aromatic carbocycles. The monoisotopic (exact) mass is 362 g/mol. The first-order valence-electron chi connectivity index (χ1n) is 7.95. The Kier molecular flexibility index (Phi) is 4.25. The van der Waals surface area contributed by atoms with Crippen molar-refractivity contribution in [1.29, 1.82) is 0 Å². The highest BCUT2D eigenvalue weighted by molar-refractivity contribution is 6.33. The Morgan fingerprint density at radius 3 is 2.27 bits per heavy atom. The van der Waals surface area contributed by atoms with Crippen molar-refractivity contribution in [2.45, 2.75) is 0 Å². The van der Waals surface area contributed by atoms with E-state index in [4.69, 9.17) is 17.3 Å². The fraction of sp³-hybridized carbons (Fsp3) is 0. The molecule has 0 unspecified atom stereocenters. The van der Waals surface area contributed by atoms with E-state index in [1.165, 1.54) is 6.33 Å². The zero-order valence-electron chi connectivity index (χ0n) is 13.6. The number of benzene rings is 2. The SMILES string of the molecule is Nc1c(Nc2ccccc2Cl)ncnc1Nc1cccc2cccnc12. The zero-order valence-corrected chi connectivity index (χ0v) is 14.4. The molecular weight excluding hydrogens is 348 g/mol. The van der Waals surface area contributed by atoms with Crippen molar-refractivity contribution in [3.05, 3.63) is 72.1 Å². The van der Waals surface area contributed by atoms with E-state index in [0.29, 0.717) is 22.3 Å². The van der Waals surface area contributed by atoms with Crippen LogP contribution in [0.4, 0.5) is 28.7 Å². The van der Waals surface area contributed by atoms with E-state index in [-0.39, 0.29) is 0 Å². The number of hydrogen-bond donors (Lipinski definition) is 3. The Hall–Kier alpha value is -3.38. The Balaban J connectivity index is 1.69. The van der Waals surface area contributed by atoms with Crippen LogP contribution in [0.2, 0.25) is 5.02 Å². The van der Waals surface area contributed by atoms with Crippen molar-refractivity contribution in [2.75, 3.05) is 16.4 Å². The third-order valence-electron chi connectivity index (χ3n) is 3.90. The molecule has 6 nitrogen and oxygen atoms in total. The van der Waals surface area contributed by atoms with Crippen LogP contribution in [0.3, 0.4) is 0 Å². The molecule has 0 aliphatic carbocycles. The predicted molar refractivity (Wildman–Crippen MR) is 106 cm³/mol. The van der Waals surface area contributed by atoms with E-state index < -0.39 is 0 Å². The van der Waals surface area contributed by atoms with Crippen molar-refractivity contribution in [3.63, 3.8) is 0 Å². The van der Waals surface area contributed by atoms with Gasteiger partial charge in [-0.15, -0.1) is 0 Å². The highest BCUT2D eigenvalue weighted by atomic mass is 35.5. The van der Waals surface area contributed by atoms with E-state index in [1.807, 2.05) is 48.5 Å². The second-order valence-corrected chi connectivity index (χ2v) is 6.00. The van der Waals surface area contributed by atoms with Gasteiger partial charge in [0.05, 0.1) is 21.9 Å². The summed E-state index contributed by atoms with van der Waals surface area (Å²) >= 11 is 6.19. The number of aromatic nitrogens is 3. The molecule has 0 atom stereocenters. The van der Waals surface area contributed by atoms with Gasteiger partial charge in [-0.3, -0.25) is 4.98 Å². The van der Waals surface area contributed by atoms with Gasteiger partial charge in [0.25, 0.3) is 0 Å². The Morgan fingerprint density at radius 2 is 1.46 bits per heavy atom. The molecule has 4 N–H and O–H groups in total. The molecule has 0 fully saturated rings. The summed E-state index contributed by atoms with van der Waals surface area (Å²) in [5, 5.41) is 7.99. The maximum absolute atomic E-state index is 6.26. The number of nitrogens with two attached hydrogens (primary N) is 1. The number of rotatable bonds is 4. The summed E-state index contributed by atoms with van der Waals surface area (Å²) < 4.78 is 0. The molecule has 0 aliphatic heterocycles. The van der Waals surface area contributed by atoms with Crippen molar-refractivity contribution in [2.24, 2.45) is 0 Å². The molecule has 0 saturated heterocycles. The molecule has 7 heteroatoms. The number of hydrogen-bond acceptors (Lipinski definition) is 6. The highest BCUT2D eigenvalue weighted by Crippen LogP contribution is 2.32. The van der Waals surface area contributed by atoms with E-state index in [9.17, 15) is 0 Å². The third-order valence-corrected chi connectivity index (χ3v) is 4.23. The van der Waals surface area contributed by atoms with Crippen molar-refractivity contribution in [1.82, 2.24) is 15.0 Å². The van der Waals surface area contributed by atoms with Gasteiger partial charge in [0, 0.05) is 11.6 Å². The van der Waals surface area contributed by atoms with E-state index >= 15 is 0 Å². The van der Waals surface area contributed by atoms with Crippen LogP contribution in [0.1, 0.15) is 0 Å². The van der Waals surface area contributed by atoms with E-state index in [2.05, 4.69) is 25.6 Å². The maximum Gasteiger partial charge on any atom is 0.159 e. The second-order valence-electron chi connectivity index (χ2n) is 5.60. The molecule has 0 saturated carbocycles. The fourth-order valence-electron chi connectivity index (χ4n) is 2.62. The van der Waals surface area contributed by atoms with E-state index in [0.717, 1.165) is 22.3 Å². The lowest BCUT2D eigenvalue weighted by atomic mass is 10.2. The summed E-state index contributed by atoms with van der Waals surface area (Å²) in [4.78, 5) is 12.9. The number of nitrogens with zero attached hydrogens (tertiary/aromatic N) is 3. The van der Waals surface area contributed by atoms with Gasteiger partial charge in [-0.05, 0) is 24.3 Å². The van der Waals surface area contributed by atoms with Crippen LogP contribution in [0.15, 0.2) is 67.1 Å². The summed E-state index contributed by atoms with van der Waals surface area (Å²) in [5.74, 6) is 0.969. The first-order valence-corrected chi connectivity index (χ1v) is 8.33. The number of halogens is 1. The van der Waals surface area contributed by atoms with Gasteiger partial charge in [0.1, 0.15) is 12.0 Å². The summed E-state index contributed by atoms with van der Waals surface area (Å²) in [5.41, 5.74) is 9.03. The first-order chi connectivity index (χ1) is 12.7. The highest BCUT2D eigenvalue weighted by Gasteiger charge is 2.11. The van der Waals surface area contributed by atoms with Crippen molar-refractivity contribution < 1.29 is 0 Å². The molecule has 0 radical (unpaired) electrons. The fourth-order valence-corrected chi connectivity index (χ4v) is 2.80. The van der Waals surface area contributed by atoms with Crippen LogP contribution in [-0.2, 0) is 0 Å². The quantitative estimate of drug-likeness (QED) is 0.485. The number of pyridine rings is 1. The molecule has 2 aromatic heterocycles. The Morgan fingerprint density at radius 1 is 0.769 bits per heavy atom. The summed E-state index contributed by atoms with van der Waals surface area (Å²) in [6.45, 7) is 0. The lowest BCUT2D eigenvalue weighted by Gasteiger charge is -2.14. The molecule has 128 valence electrons. The Labute approximate surface area is 155 Å². The van der Waals surface area contributed by atoms with E-state index in [1.54, 1.807) is 12.3 Å². The topological polar surface area (TPSA) is 88.8 Å². The second kappa shape index (κ2) is 6.85. The summed E-state index contributed by atoms with van der Waals surface area (Å²) in [7, 11) is 0. The minimum absolute atomic E-state index is 0.389. The lowest BCUT2D eigenvalue weighted by molar-refractivity contribution is 1.17. The number of nitrogen functional groups attached to an aromatic ring is 1. The zero-order chi connectivity index (χ0) is 17.9. The van der Waals surface area contributed by atoms with Crippen LogP contribution in [0, 0.1) is 0 Å². The molecule has 0 spiro atoms. The normalized spacial score (nSPS) is 10.7. The van der Waals surface area contributed by atoms with Crippen LogP contribution < -0.4 is 16.4 Å². The van der Waals surface area contributed by atoms with Gasteiger partial charge in [-0.2, -0.15) is 0 Å². The predicted octanol–water partition coefficient (Wildman–Crippen LogP) is 4.75. The smallest absolute Gasteiger partial charge is 0.159 e. The minimum Gasteiger partial charge on any atom is -0.393 e. The standard InChI is InChI=1S/C19H15ClN6/c20-13-7-1-2-8-14(13)25-18-16(21)19(24-11-23-18)26-15-9-3-5-12-6-4-10-22-17(12)15/h1-11H,21H2,(H2,23,24,25,26). The number of fused-ring (bicyclic) bond motifs is 1. The number of nitrogens with one attached hydrogen (secondary N) is 2. The molecule has 0 bridgehead atoms. The van der Waals surface area contributed by atoms with Crippen LogP contribution in [0.25, 0.3) is 10.9 Å². The van der Waals surface area contributed by atoms with Gasteiger partial charge in [0.2, 0.25) is 0 Å². The molecule has 26 heavy (non-hydrogen) atoms. The van der Waals surface area contributed by atoms with Gasteiger partial charge < -0.3 is 16.4 Å². The van der Waals surface area contributed by atoms with Crippen LogP contribution in [-0.4, -0.2) is 15.0 Å². The van der Waals surface area contributed by atoms with Crippen molar-refractivity contribution in [3.8, 4) is 0 Å². The Bertz CT molecular complexity index is 1080. The molecular formula is C19H15ClN6. The average molecular weight is 363 g/mol. The van der Waals surface area contributed by atoms with Gasteiger partial charge in [-0.25, -0.2) is 9.97 Å². The number of para-hydroxylation sites is 2. The third kappa shape index (κ3) is 3.10. The van der Waals surface area contributed by atoms with Gasteiger partial charge in [0.15, 0.2) is 11.6 Å². The van der Waals surface area contributed by atoms with Crippen LogP contribution >= 0.6 is 11.6 Å². The van der Waals surface area contributed by atoms with Gasteiger partial charge >= 0.3 is 0 Å². The van der Waals surface area contributed by atoms with Crippen LogP contribution in [0.5, 0.6) is 0 Å². The number of anilines is 5. The largest absolute Gasteiger partial charge is 0.393 e. The molecule has 4 rings (SSSR count). The maximum atomic E-state index is 6.26. The molecule has 2 heterocycles. The first kappa shape index (κ1) is 16.1. The molecule has 4 aromatic rings. The molecule has 0 aliphatic rings. The van der Waals surface area contributed by atoms with Gasteiger partial charge in [-0.1, -0.05) is 41.9 Å². The summed E-state index contributed by atoms with van der Waals surface area (Å²) in [6, 6.07) is 17.2. The minimum atomic E-state index is 0.389. The lowest BCUT2D eigenvalue weighted by Crippen LogP contribution is -2.05. The average Bonchev–Trinajstić information content (AvgIpc) is 2.67. The summed E-state index contributed by atoms with van der Waals surface area (Å²) in [6.07, 6.45) is 3.19.